The molecule has 1 aliphatic rings. The van der Waals surface area contributed by atoms with Crippen LogP contribution in [0.2, 0.25) is 0 Å². The summed E-state index contributed by atoms with van der Waals surface area (Å²) in [6, 6.07) is 10.3. The molecule has 1 nitrogen and oxygen atoms in total. The molecule has 0 aliphatic carbocycles. The second-order valence-corrected chi connectivity index (χ2v) is 7.00. The van der Waals surface area contributed by atoms with Gasteiger partial charge in [0.2, 0.25) is 0 Å². The number of benzene rings is 1. The summed E-state index contributed by atoms with van der Waals surface area (Å²) in [5.74, 6) is 0.871. The fourth-order valence-corrected chi connectivity index (χ4v) is 3.61. The van der Waals surface area contributed by atoms with Crippen molar-refractivity contribution in [2.24, 2.45) is 0 Å². The first-order chi connectivity index (χ1) is 6.79. The van der Waals surface area contributed by atoms with Crippen molar-refractivity contribution in [3.05, 3.63) is 59.7 Å². The van der Waals surface area contributed by atoms with Gasteiger partial charge in [0, 0.05) is 12.0 Å². The third-order valence-corrected chi connectivity index (χ3v) is 4.76. The fourth-order valence-electron chi connectivity index (χ4n) is 1.32. The van der Waals surface area contributed by atoms with E-state index in [0.717, 1.165) is 5.75 Å². The molecule has 0 spiro atoms. The maximum absolute atomic E-state index is 6.44. The van der Waals surface area contributed by atoms with Crippen LogP contribution < -0.4 is 4.72 Å². The Morgan fingerprint density at radius 2 is 1.93 bits per heavy atom. The number of rotatable bonds is 2. The fraction of sp³-hybridized carbons (Fsp3) is 0.0909. The molecule has 74 valence electrons. The topological polar surface area (TPSA) is 12.0 Å². The zero-order valence-corrected chi connectivity index (χ0v) is 9.26. The molecule has 0 amide bonds. The molecule has 1 unspecified atom stereocenters. The van der Waals surface area contributed by atoms with Crippen LogP contribution in [0.5, 0.6) is 0 Å². The van der Waals surface area contributed by atoms with Crippen LogP contribution in [0.4, 0.5) is 0 Å². The molecule has 0 fully saturated rings. The second kappa shape index (κ2) is 4.11. The van der Waals surface area contributed by atoms with Gasteiger partial charge >= 0.3 is 0 Å². The molecule has 14 heavy (non-hydrogen) atoms. The van der Waals surface area contributed by atoms with E-state index in [-0.39, 0.29) is 0 Å². The molecule has 0 saturated heterocycles. The Balaban J connectivity index is 2.11. The van der Waals surface area contributed by atoms with Crippen LogP contribution in [0.1, 0.15) is 5.56 Å². The van der Waals surface area contributed by atoms with Gasteiger partial charge in [0.25, 0.3) is 0 Å². The number of hydrogen-bond acceptors (Lipinski definition) is 1. The lowest BCUT2D eigenvalue weighted by Gasteiger charge is -2.31. The van der Waals surface area contributed by atoms with Crippen molar-refractivity contribution in [3.8, 4) is 0 Å². The lowest BCUT2D eigenvalue weighted by molar-refractivity contribution is 1.31. The van der Waals surface area contributed by atoms with E-state index in [0.29, 0.717) is 0 Å². The third-order valence-electron chi connectivity index (χ3n) is 1.99. The van der Waals surface area contributed by atoms with Crippen LogP contribution in [-0.4, -0.2) is 0 Å². The van der Waals surface area contributed by atoms with Crippen LogP contribution in [0.25, 0.3) is 0 Å². The van der Waals surface area contributed by atoms with Crippen molar-refractivity contribution in [3.63, 3.8) is 0 Å². The summed E-state index contributed by atoms with van der Waals surface area (Å²) < 4.78 is 3.23. The summed E-state index contributed by atoms with van der Waals surface area (Å²) in [5.41, 5.74) is 1.27. The predicted molar refractivity (Wildman–Crippen MR) is 65.0 cm³/mol. The molecule has 0 radical (unpaired) electrons. The van der Waals surface area contributed by atoms with E-state index in [1.54, 1.807) is 0 Å². The molecular formula is C11H12ClNS. The van der Waals surface area contributed by atoms with Crippen LogP contribution in [0, 0.1) is 0 Å². The van der Waals surface area contributed by atoms with Gasteiger partial charge in [-0.1, -0.05) is 45.8 Å². The Morgan fingerprint density at radius 3 is 2.57 bits per heavy atom. The number of allylic oxidation sites excluding steroid dienone is 2. The zero-order chi connectivity index (χ0) is 9.86. The van der Waals surface area contributed by atoms with Gasteiger partial charge in [-0.3, -0.25) is 0 Å². The largest absolute Gasteiger partial charge is 0.339 e. The highest BCUT2D eigenvalue weighted by molar-refractivity contribution is 8.51. The summed E-state index contributed by atoms with van der Waals surface area (Å²) >= 11 is 0. The molecule has 2 rings (SSSR count). The molecule has 3 heteroatoms. The lowest BCUT2D eigenvalue weighted by Crippen LogP contribution is -2.11. The van der Waals surface area contributed by atoms with Crippen LogP contribution in [0.3, 0.4) is 0 Å². The summed E-state index contributed by atoms with van der Waals surface area (Å²) in [6.07, 6.45) is 5.87. The third kappa shape index (κ3) is 2.34. The van der Waals surface area contributed by atoms with E-state index in [2.05, 4.69) is 22.3 Å². The first-order valence-electron chi connectivity index (χ1n) is 4.44. The number of nitrogens with one attached hydrogen (secondary N) is 1. The summed E-state index contributed by atoms with van der Waals surface area (Å²) in [5, 5.41) is 2.06. The summed E-state index contributed by atoms with van der Waals surface area (Å²) in [7, 11) is 5.11. The van der Waals surface area contributed by atoms with Gasteiger partial charge in [-0.25, -0.2) is 0 Å². The van der Waals surface area contributed by atoms with Crippen molar-refractivity contribution < 1.29 is 0 Å². The molecule has 0 saturated carbocycles. The van der Waals surface area contributed by atoms with E-state index >= 15 is 0 Å². The molecule has 1 atom stereocenters. The van der Waals surface area contributed by atoms with Crippen LogP contribution in [0.15, 0.2) is 54.1 Å². The normalized spacial score (nSPS) is 29.2. The Kier molecular flexibility index (Phi) is 2.85. The SMILES string of the molecule is ClS1(Cc2ccccc2)C=CC=CN1. The smallest absolute Gasteiger partial charge is 0.0354 e. The maximum atomic E-state index is 6.44. The highest BCUT2D eigenvalue weighted by atomic mass is 35.7. The Bertz CT molecular complexity index is 361. The molecule has 1 aliphatic heterocycles. The molecule has 1 heterocycles. The Morgan fingerprint density at radius 1 is 1.14 bits per heavy atom. The quantitative estimate of drug-likeness (QED) is 0.810. The number of halogens is 1. The average molecular weight is 226 g/mol. The minimum absolute atomic E-state index is 0.871. The number of hydrogen-bond donors (Lipinski definition) is 1. The lowest BCUT2D eigenvalue weighted by atomic mass is 10.2. The van der Waals surface area contributed by atoms with Crippen molar-refractivity contribution in [2.45, 2.75) is 5.75 Å². The van der Waals surface area contributed by atoms with Crippen molar-refractivity contribution >= 4 is 20.1 Å². The van der Waals surface area contributed by atoms with Crippen molar-refractivity contribution in [1.82, 2.24) is 4.72 Å². The molecule has 0 bridgehead atoms. The Labute approximate surface area is 90.4 Å². The standard InChI is InChI=1S/C11H12ClNS/c12-14(9-5-4-8-13-14)10-11-6-2-1-3-7-11/h1-9,13H,10H2. The highest BCUT2D eigenvalue weighted by Crippen LogP contribution is 2.54. The van der Waals surface area contributed by atoms with Crippen LogP contribution in [-0.2, 0) is 5.75 Å². The summed E-state index contributed by atoms with van der Waals surface area (Å²) in [6.45, 7) is 0. The minimum Gasteiger partial charge on any atom is -0.339 e. The molecule has 0 aromatic heterocycles. The molecule has 1 N–H and O–H groups in total. The van der Waals surface area contributed by atoms with Gasteiger partial charge in [0.05, 0.1) is 0 Å². The van der Waals surface area contributed by atoms with Gasteiger partial charge in [-0.05, 0) is 27.7 Å². The van der Waals surface area contributed by atoms with Gasteiger partial charge in [-0.15, -0.1) is 0 Å². The Hall–Kier alpha value is -0.860. The zero-order valence-electron chi connectivity index (χ0n) is 7.69. The molecule has 1 aromatic rings. The van der Waals surface area contributed by atoms with E-state index in [4.69, 9.17) is 10.7 Å². The first-order valence-corrected chi connectivity index (χ1v) is 7.13. The van der Waals surface area contributed by atoms with Gasteiger partial charge in [0.15, 0.2) is 0 Å². The van der Waals surface area contributed by atoms with E-state index in [9.17, 15) is 0 Å². The van der Waals surface area contributed by atoms with E-state index < -0.39 is 9.43 Å². The van der Waals surface area contributed by atoms with Gasteiger partial charge in [0.1, 0.15) is 0 Å². The van der Waals surface area contributed by atoms with Crippen molar-refractivity contribution in [1.29, 1.82) is 0 Å². The first kappa shape index (κ1) is 9.69. The van der Waals surface area contributed by atoms with Crippen LogP contribution >= 0.6 is 20.1 Å². The maximum Gasteiger partial charge on any atom is 0.0354 e. The minimum atomic E-state index is -1.34. The predicted octanol–water partition coefficient (Wildman–Crippen LogP) is 3.69. The molecular weight excluding hydrogens is 214 g/mol. The average Bonchev–Trinajstić information content (AvgIpc) is 2.19. The monoisotopic (exact) mass is 225 g/mol. The summed E-state index contributed by atoms with van der Waals surface area (Å²) in [4.78, 5) is 0. The highest BCUT2D eigenvalue weighted by Gasteiger charge is 2.17. The second-order valence-electron chi connectivity index (χ2n) is 3.14. The van der Waals surface area contributed by atoms with E-state index in [1.807, 2.05) is 36.6 Å². The van der Waals surface area contributed by atoms with Crippen molar-refractivity contribution in [2.75, 3.05) is 0 Å². The van der Waals surface area contributed by atoms with E-state index in [1.165, 1.54) is 5.56 Å². The van der Waals surface area contributed by atoms with Gasteiger partial charge in [-0.2, -0.15) is 0 Å². The molecule has 1 aromatic carbocycles. The van der Waals surface area contributed by atoms with Gasteiger partial charge < -0.3 is 4.72 Å².